The Hall–Kier alpha value is -3.33. The van der Waals surface area contributed by atoms with Gasteiger partial charge in [-0.1, -0.05) is 18.2 Å². The fourth-order valence-electron chi connectivity index (χ4n) is 3.07. The standard InChI is InChI=1S/C22H26N4O4S/c1-4-28-17-12-15(13-18(29-5-2)20(17)30-6-3)21(27)23-14-19-24-25-22(31)26(19)16-10-8-7-9-11-16/h7-13H,4-6,14H2,1-3H3,(H,23,27)(H,25,31). The maximum atomic E-state index is 12.9. The molecule has 2 N–H and O–H groups in total. The third kappa shape index (κ3) is 5.24. The van der Waals surface area contributed by atoms with E-state index in [1.807, 2.05) is 51.1 Å². The molecule has 1 amide bonds. The molecule has 0 unspecified atom stereocenters. The number of nitrogens with zero attached hydrogens (tertiary/aromatic N) is 2. The summed E-state index contributed by atoms with van der Waals surface area (Å²) in [6.45, 7) is 7.12. The zero-order valence-electron chi connectivity index (χ0n) is 17.8. The first-order valence-corrected chi connectivity index (χ1v) is 10.6. The van der Waals surface area contributed by atoms with E-state index in [0.29, 0.717) is 53.2 Å². The van der Waals surface area contributed by atoms with Crippen molar-refractivity contribution in [3.8, 4) is 22.9 Å². The Morgan fingerprint density at radius 2 is 1.65 bits per heavy atom. The van der Waals surface area contributed by atoms with Gasteiger partial charge in [0.1, 0.15) is 0 Å². The Labute approximate surface area is 186 Å². The Morgan fingerprint density at radius 1 is 1.03 bits per heavy atom. The third-order valence-electron chi connectivity index (χ3n) is 4.33. The molecule has 0 aliphatic carbocycles. The fraction of sp³-hybridized carbons (Fsp3) is 0.318. The first-order valence-electron chi connectivity index (χ1n) is 10.1. The van der Waals surface area contributed by atoms with Gasteiger partial charge in [-0.05, 0) is 57.3 Å². The van der Waals surface area contributed by atoms with E-state index in [1.165, 1.54) is 0 Å². The van der Waals surface area contributed by atoms with Gasteiger partial charge in [0.15, 0.2) is 22.1 Å². The Kier molecular flexibility index (Phi) is 7.66. The summed E-state index contributed by atoms with van der Waals surface area (Å²) in [5, 5.41) is 9.92. The van der Waals surface area contributed by atoms with E-state index in [-0.39, 0.29) is 12.5 Å². The van der Waals surface area contributed by atoms with Gasteiger partial charge in [-0.25, -0.2) is 0 Å². The SMILES string of the molecule is CCOc1cc(C(=O)NCc2n[nH]c(=S)n2-c2ccccc2)cc(OCC)c1OCC. The highest BCUT2D eigenvalue weighted by Crippen LogP contribution is 2.39. The van der Waals surface area contributed by atoms with Crippen LogP contribution in [0, 0.1) is 4.77 Å². The number of H-pyrrole nitrogens is 1. The first-order chi connectivity index (χ1) is 15.1. The quantitative estimate of drug-likeness (QED) is 0.460. The van der Waals surface area contributed by atoms with Crippen molar-refractivity contribution in [1.82, 2.24) is 20.1 Å². The van der Waals surface area contributed by atoms with Crippen molar-refractivity contribution < 1.29 is 19.0 Å². The topological polar surface area (TPSA) is 90.4 Å². The molecule has 2 aromatic carbocycles. The molecular weight excluding hydrogens is 416 g/mol. The highest BCUT2D eigenvalue weighted by atomic mass is 32.1. The summed E-state index contributed by atoms with van der Waals surface area (Å²) in [4.78, 5) is 12.9. The molecular formula is C22H26N4O4S. The molecule has 31 heavy (non-hydrogen) atoms. The maximum Gasteiger partial charge on any atom is 0.251 e. The fourth-order valence-corrected chi connectivity index (χ4v) is 3.33. The Balaban J connectivity index is 1.85. The average Bonchev–Trinajstić information content (AvgIpc) is 3.15. The number of carbonyl (C=O) groups is 1. The van der Waals surface area contributed by atoms with E-state index in [1.54, 1.807) is 16.7 Å². The first kappa shape index (κ1) is 22.4. The summed E-state index contributed by atoms with van der Waals surface area (Å²) < 4.78 is 19.3. The summed E-state index contributed by atoms with van der Waals surface area (Å²) in [5.74, 6) is 1.72. The van der Waals surface area contributed by atoms with Crippen molar-refractivity contribution in [2.45, 2.75) is 27.3 Å². The monoisotopic (exact) mass is 442 g/mol. The van der Waals surface area contributed by atoms with Crippen molar-refractivity contribution in [3.05, 3.63) is 58.6 Å². The number of amides is 1. The number of aromatic nitrogens is 3. The van der Waals surface area contributed by atoms with E-state index in [2.05, 4.69) is 15.5 Å². The minimum absolute atomic E-state index is 0.183. The lowest BCUT2D eigenvalue weighted by molar-refractivity contribution is 0.0948. The van der Waals surface area contributed by atoms with E-state index in [0.717, 1.165) is 5.69 Å². The van der Waals surface area contributed by atoms with Gasteiger partial charge in [-0.3, -0.25) is 14.5 Å². The third-order valence-corrected chi connectivity index (χ3v) is 4.61. The van der Waals surface area contributed by atoms with Gasteiger partial charge in [0.05, 0.1) is 26.4 Å². The van der Waals surface area contributed by atoms with Gasteiger partial charge in [0.2, 0.25) is 5.75 Å². The van der Waals surface area contributed by atoms with Crippen LogP contribution in [0.1, 0.15) is 37.0 Å². The molecule has 0 fully saturated rings. The van der Waals surface area contributed by atoms with Crippen molar-refractivity contribution >= 4 is 18.1 Å². The highest BCUT2D eigenvalue weighted by molar-refractivity contribution is 7.71. The van der Waals surface area contributed by atoms with Crippen LogP contribution in [0.3, 0.4) is 0 Å². The van der Waals surface area contributed by atoms with Crippen molar-refractivity contribution in [2.24, 2.45) is 0 Å². The molecule has 3 aromatic rings. The molecule has 0 spiro atoms. The van der Waals surface area contributed by atoms with Crippen LogP contribution < -0.4 is 19.5 Å². The molecule has 0 saturated carbocycles. The normalized spacial score (nSPS) is 10.5. The maximum absolute atomic E-state index is 12.9. The largest absolute Gasteiger partial charge is 0.490 e. The molecule has 0 radical (unpaired) electrons. The Morgan fingerprint density at radius 3 is 2.23 bits per heavy atom. The van der Waals surface area contributed by atoms with Gasteiger partial charge >= 0.3 is 0 Å². The number of aromatic amines is 1. The molecule has 0 atom stereocenters. The molecule has 3 rings (SSSR count). The van der Waals surface area contributed by atoms with E-state index in [9.17, 15) is 4.79 Å². The lowest BCUT2D eigenvalue weighted by Gasteiger charge is -2.17. The molecule has 9 heteroatoms. The molecule has 0 bridgehead atoms. The van der Waals surface area contributed by atoms with Gasteiger partial charge in [-0.2, -0.15) is 5.10 Å². The number of ether oxygens (including phenoxy) is 3. The van der Waals surface area contributed by atoms with Crippen LogP contribution in [0.25, 0.3) is 5.69 Å². The molecule has 8 nitrogen and oxygen atoms in total. The summed E-state index contributed by atoms with van der Waals surface area (Å²) >= 11 is 5.34. The minimum atomic E-state index is -0.293. The molecule has 0 aliphatic rings. The zero-order valence-corrected chi connectivity index (χ0v) is 18.6. The van der Waals surface area contributed by atoms with Crippen molar-refractivity contribution in [3.63, 3.8) is 0 Å². The number of hydrogen-bond donors (Lipinski definition) is 2. The lowest BCUT2D eigenvalue weighted by Crippen LogP contribution is -2.25. The smallest absolute Gasteiger partial charge is 0.251 e. The molecule has 0 aliphatic heterocycles. The predicted octanol–water partition coefficient (Wildman–Crippen LogP) is 4.06. The van der Waals surface area contributed by atoms with Crippen LogP contribution in [0.2, 0.25) is 0 Å². The predicted molar refractivity (Wildman–Crippen MR) is 120 cm³/mol. The second-order valence-electron chi connectivity index (χ2n) is 6.40. The number of benzene rings is 2. The summed E-state index contributed by atoms with van der Waals surface area (Å²) in [7, 11) is 0. The molecule has 1 heterocycles. The van der Waals surface area contributed by atoms with E-state index < -0.39 is 0 Å². The van der Waals surface area contributed by atoms with Crippen LogP contribution in [-0.4, -0.2) is 40.5 Å². The number of rotatable bonds is 10. The van der Waals surface area contributed by atoms with Crippen LogP contribution in [0.4, 0.5) is 0 Å². The van der Waals surface area contributed by atoms with Gasteiger partial charge < -0.3 is 19.5 Å². The highest BCUT2D eigenvalue weighted by Gasteiger charge is 2.19. The molecule has 0 saturated heterocycles. The van der Waals surface area contributed by atoms with Gasteiger partial charge in [0, 0.05) is 11.3 Å². The van der Waals surface area contributed by atoms with Crippen LogP contribution in [-0.2, 0) is 6.54 Å². The van der Waals surface area contributed by atoms with Crippen LogP contribution >= 0.6 is 12.2 Å². The lowest BCUT2D eigenvalue weighted by atomic mass is 10.1. The average molecular weight is 443 g/mol. The second-order valence-corrected chi connectivity index (χ2v) is 6.79. The number of nitrogens with one attached hydrogen (secondary N) is 2. The van der Waals surface area contributed by atoms with Gasteiger partial charge in [0.25, 0.3) is 5.91 Å². The molecule has 1 aromatic heterocycles. The van der Waals surface area contributed by atoms with Crippen LogP contribution in [0.5, 0.6) is 17.2 Å². The summed E-state index contributed by atoms with van der Waals surface area (Å²) in [6, 6.07) is 12.9. The number of hydrogen-bond acceptors (Lipinski definition) is 6. The van der Waals surface area contributed by atoms with Crippen molar-refractivity contribution in [2.75, 3.05) is 19.8 Å². The summed E-state index contributed by atoms with van der Waals surface area (Å²) in [5.41, 5.74) is 1.26. The van der Waals surface area contributed by atoms with Crippen molar-refractivity contribution in [1.29, 1.82) is 0 Å². The van der Waals surface area contributed by atoms with E-state index in [4.69, 9.17) is 26.4 Å². The molecule has 164 valence electrons. The van der Waals surface area contributed by atoms with E-state index >= 15 is 0 Å². The zero-order chi connectivity index (χ0) is 22.2. The van der Waals surface area contributed by atoms with Gasteiger partial charge in [-0.15, -0.1) is 0 Å². The Bertz CT molecular complexity index is 1050. The van der Waals surface area contributed by atoms with Crippen LogP contribution in [0.15, 0.2) is 42.5 Å². The number of carbonyl (C=O) groups excluding carboxylic acids is 1. The second kappa shape index (κ2) is 10.6. The summed E-state index contributed by atoms with van der Waals surface area (Å²) in [6.07, 6.45) is 0. The minimum Gasteiger partial charge on any atom is -0.490 e. The number of para-hydroxylation sites is 1.